The molecule has 1 aromatic rings. The first-order chi connectivity index (χ1) is 7.65. The molecule has 0 amide bonds. The minimum absolute atomic E-state index is 0.0602. The molecular weight excluding hydrogens is 210 g/mol. The highest BCUT2D eigenvalue weighted by Crippen LogP contribution is 2.28. The van der Waals surface area contributed by atoms with Crippen molar-refractivity contribution in [2.45, 2.75) is 13.0 Å². The van der Waals surface area contributed by atoms with Crippen LogP contribution in [0.4, 0.5) is 0 Å². The Bertz CT molecular complexity index is 365. The number of hydrogen-bond donors (Lipinski definition) is 3. The van der Waals surface area contributed by atoms with Crippen molar-refractivity contribution in [2.24, 2.45) is 0 Å². The molecule has 0 bridgehead atoms. The molecule has 3 N–H and O–H groups in total. The van der Waals surface area contributed by atoms with Crippen LogP contribution in [0, 0.1) is 0 Å². The predicted octanol–water partition coefficient (Wildman–Crippen LogP) is 0.965. The lowest BCUT2D eigenvalue weighted by Gasteiger charge is -2.09. The summed E-state index contributed by atoms with van der Waals surface area (Å²) in [7, 11) is 1.48. The molecule has 16 heavy (non-hydrogen) atoms. The number of phenols is 1. The number of benzene rings is 1. The number of phenolic OH excluding ortho intramolecular Hbond substituents is 1. The maximum Gasteiger partial charge on any atom is 0.304 e. The summed E-state index contributed by atoms with van der Waals surface area (Å²) in [6, 6.07) is 5.19. The molecule has 0 aliphatic carbocycles. The zero-order valence-electron chi connectivity index (χ0n) is 9.06. The first kappa shape index (κ1) is 12.3. The van der Waals surface area contributed by atoms with Crippen molar-refractivity contribution >= 4 is 5.97 Å². The van der Waals surface area contributed by atoms with Crippen LogP contribution < -0.4 is 10.1 Å². The van der Waals surface area contributed by atoms with Gasteiger partial charge in [0.05, 0.1) is 13.5 Å². The van der Waals surface area contributed by atoms with Gasteiger partial charge in [-0.3, -0.25) is 4.79 Å². The molecule has 0 spiro atoms. The first-order valence-electron chi connectivity index (χ1n) is 4.92. The van der Waals surface area contributed by atoms with E-state index in [2.05, 4.69) is 5.32 Å². The summed E-state index contributed by atoms with van der Waals surface area (Å²) in [5.74, 6) is -0.340. The number of hydrogen-bond acceptors (Lipinski definition) is 4. The zero-order chi connectivity index (χ0) is 12.0. The molecule has 0 aliphatic heterocycles. The van der Waals surface area contributed by atoms with Crippen molar-refractivity contribution in [3.05, 3.63) is 23.8 Å². The largest absolute Gasteiger partial charge is 0.504 e. The van der Waals surface area contributed by atoms with Crippen LogP contribution in [-0.2, 0) is 11.3 Å². The van der Waals surface area contributed by atoms with Gasteiger partial charge in [-0.2, -0.15) is 0 Å². The van der Waals surface area contributed by atoms with E-state index in [1.54, 1.807) is 18.2 Å². The van der Waals surface area contributed by atoms with Gasteiger partial charge in [-0.25, -0.2) is 0 Å². The van der Waals surface area contributed by atoms with Gasteiger partial charge < -0.3 is 20.3 Å². The highest BCUT2D eigenvalue weighted by molar-refractivity contribution is 5.66. The van der Waals surface area contributed by atoms with Crippen molar-refractivity contribution in [1.82, 2.24) is 5.32 Å². The Balaban J connectivity index is 2.50. The number of nitrogens with one attached hydrogen (secondary N) is 1. The van der Waals surface area contributed by atoms with Gasteiger partial charge in [0.15, 0.2) is 11.5 Å². The second-order valence-corrected chi connectivity index (χ2v) is 3.29. The van der Waals surface area contributed by atoms with E-state index in [9.17, 15) is 9.90 Å². The van der Waals surface area contributed by atoms with Crippen molar-refractivity contribution in [1.29, 1.82) is 0 Å². The molecule has 0 atom stereocenters. The molecule has 0 radical (unpaired) electrons. The molecule has 0 saturated heterocycles. The molecule has 5 nitrogen and oxygen atoms in total. The SMILES string of the molecule is COc1cccc(CNCCC(=O)O)c1O. The molecule has 0 aromatic heterocycles. The van der Waals surface area contributed by atoms with Crippen LogP contribution in [0.15, 0.2) is 18.2 Å². The number of methoxy groups -OCH3 is 1. The zero-order valence-corrected chi connectivity index (χ0v) is 9.06. The second-order valence-electron chi connectivity index (χ2n) is 3.29. The van der Waals surface area contributed by atoms with Crippen LogP contribution in [0.1, 0.15) is 12.0 Å². The molecule has 0 heterocycles. The fourth-order valence-corrected chi connectivity index (χ4v) is 1.29. The third-order valence-electron chi connectivity index (χ3n) is 2.13. The van der Waals surface area contributed by atoms with E-state index in [1.165, 1.54) is 7.11 Å². The molecule has 0 saturated carbocycles. The number of aromatic hydroxyl groups is 1. The lowest BCUT2D eigenvalue weighted by molar-refractivity contribution is -0.136. The molecule has 0 unspecified atom stereocenters. The van der Waals surface area contributed by atoms with E-state index in [0.717, 1.165) is 0 Å². The normalized spacial score (nSPS) is 10.1. The minimum atomic E-state index is -0.845. The molecule has 5 heteroatoms. The lowest BCUT2D eigenvalue weighted by Crippen LogP contribution is -2.17. The Hall–Kier alpha value is -1.75. The van der Waals surface area contributed by atoms with Crippen LogP contribution in [0.25, 0.3) is 0 Å². The number of carbonyl (C=O) groups is 1. The maximum absolute atomic E-state index is 10.3. The minimum Gasteiger partial charge on any atom is -0.504 e. The standard InChI is InChI=1S/C11H15NO4/c1-16-9-4-2-3-8(11(9)15)7-12-6-5-10(13)14/h2-4,12,15H,5-7H2,1H3,(H,13,14). The van der Waals surface area contributed by atoms with Crippen LogP contribution in [-0.4, -0.2) is 29.8 Å². The Morgan fingerprint density at radius 2 is 2.25 bits per heavy atom. The van der Waals surface area contributed by atoms with Gasteiger partial charge >= 0.3 is 5.97 Å². The number of carboxylic acids is 1. The van der Waals surface area contributed by atoms with Gasteiger partial charge in [-0.15, -0.1) is 0 Å². The summed E-state index contributed by atoms with van der Waals surface area (Å²) in [5, 5.41) is 21.1. The molecule has 88 valence electrons. The van der Waals surface area contributed by atoms with Crippen molar-refractivity contribution in [3.8, 4) is 11.5 Å². The van der Waals surface area contributed by atoms with Gasteiger partial charge in [0, 0.05) is 18.7 Å². The van der Waals surface area contributed by atoms with Crippen LogP contribution in [0.3, 0.4) is 0 Å². The summed E-state index contributed by atoms with van der Waals surface area (Å²) >= 11 is 0. The van der Waals surface area contributed by atoms with Gasteiger partial charge in [0.1, 0.15) is 0 Å². The summed E-state index contributed by atoms with van der Waals surface area (Å²) in [4.78, 5) is 10.3. The first-order valence-corrected chi connectivity index (χ1v) is 4.92. The third-order valence-corrected chi connectivity index (χ3v) is 2.13. The summed E-state index contributed by atoms with van der Waals surface area (Å²) in [5.41, 5.74) is 0.685. The average molecular weight is 225 g/mol. The lowest BCUT2D eigenvalue weighted by atomic mass is 10.2. The summed E-state index contributed by atoms with van der Waals surface area (Å²) < 4.78 is 4.96. The smallest absolute Gasteiger partial charge is 0.304 e. The third kappa shape index (κ3) is 3.43. The quantitative estimate of drug-likeness (QED) is 0.628. The molecular formula is C11H15NO4. The van der Waals surface area contributed by atoms with Gasteiger partial charge in [-0.05, 0) is 6.07 Å². The van der Waals surface area contributed by atoms with Gasteiger partial charge in [0.25, 0.3) is 0 Å². The summed E-state index contributed by atoms with van der Waals surface area (Å²) in [6.45, 7) is 0.780. The predicted molar refractivity (Wildman–Crippen MR) is 58.6 cm³/mol. The number of para-hydroxylation sites is 1. The Morgan fingerprint density at radius 3 is 2.88 bits per heavy atom. The van der Waals surface area contributed by atoms with E-state index in [-0.39, 0.29) is 12.2 Å². The number of aliphatic carboxylic acids is 1. The fourth-order valence-electron chi connectivity index (χ4n) is 1.29. The molecule has 1 rings (SSSR count). The van der Waals surface area contributed by atoms with Gasteiger partial charge in [0.2, 0.25) is 0 Å². The van der Waals surface area contributed by atoms with E-state index in [1.807, 2.05) is 0 Å². The van der Waals surface area contributed by atoms with Gasteiger partial charge in [-0.1, -0.05) is 12.1 Å². The highest BCUT2D eigenvalue weighted by Gasteiger charge is 2.06. The van der Waals surface area contributed by atoms with Crippen molar-refractivity contribution in [2.75, 3.05) is 13.7 Å². The van der Waals surface area contributed by atoms with E-state index >= 15 is 0 Å². The number of ether oxygens (including phenoxy) is 1. The Labute approximate surface area is 93.7 Å². The fraction of sp³-hybridized carbons (Fsp3) is 0.364. The average Bonchev–Trinajstić information content (AvgIpc) is 2.26. The number of carboxylic acid groups (broad SMARTS) is 1. The van der Waals surface area contributed by atoms with Crippen molar-refractivity contribution < 1.29 is 19.7 Å². The van der Waals surface area contributed by atoms with Crippen molar-refractivity contribution in [3.63, 3.8) is 0 Å². The van der Waals surface area contributed by atoms with E-state index < -0.39 is 5.97 Å². The molecule has 0 aliphatic rings. The van der Waals surface area contributed by atoms with E-state index in [4.69, 9.17) is 9.84 Å². The Morgan fingerprint density at radius 1 is 1.50 bits per heavy atom. The Kier molecular flexibility index (Phi) is 4.60. The molecule has 0 fully saturated rings. The van der Waals surface area contributed by atoms with Crippen LogP contribution >= 0.6 is 0 Å². The highest BCUT2D eigenvalue weighted by atomic mass is 16.5. The monoisotopic (exact) mass is 225 g/mol. The topological polar surface area (TPSA) is 78.8 Å². The number of rotatable bonds is 6. The van der Waals surface area contributed by atoms with Crippen LogP contribution in [0.5, 0.6) is 11.5 Å². The summed E-state index contributed by atoms with van der Waals surface area (Å²) in [6.07, 6.45) is 0.0602. The van der Waals surface area contributed by atoms with Crippen LogP contribution in [0.2, 0.25) is 0 Å². The second kappa shape index (κ2) is 5.97. The molecule has 1 aromatic carbocycles. The van der Waals surface area contributed by atoms with E-state index in [0.29, 0.717) is 24.4 Å². The maximum atomic E-state index is 10.3.